The molecule has 1 heterocycles. The van der Waals surface area contributed by atoms with Crippen LogP contribution >= 0.6 is 0 Å². The molecular weight excluding hydrogens is 386 g/mol. The van der Waals surface area contributed by atoms with Gasteiger partial charge in [0.25, 0.3) is 5.91 Å². The van der Waals surface area contributed by atoms with Crippen LogP contribution in [0.1, 0.15) is 25.3 Å². The molecule has 10 heteroatoms. The highest BCUT2D eigenvalue weighted by Crippen LogP contribution is 2.18. The first-order chi connectivity index (χ1) is 13.1. The molecule has 2 aromatic rings. The van der Waals surface area contributed by atoms with Crippen LogP contribution in [0.4, 0.5) is 5.69 Å². The third-order valence-electron chi connectivity index (χ3n) is 3.82. The van der Waals surface area contributed by atoms with Crippen LogP contribution in [0.2, 0.25) is 0 Å². The van der Waals surface area contributed by atoms with Crippen molar-refractivity contribution in [3.63, 3.8) is 0 Å². The molecule has 0 saturated carbocycles. The minimum atomic E-state index is -3.99. The normalized spacial score (nSPS) is 11.5. The van der Waals surface area contributed by atoms with Crippen molar-refractivity contribution in [2.75, 3.05) is 18.1 Å². The number of amides is 1. The van der Waals surface area contributed by atoms with Crippen LogP contribution < -0.4 is 9.62 Å². The number of nitrogens with one attached hydrogen (secondary N) is 1. The summed E-state index contributed by atoms with van der Waals surface area (Å²) in [5, 5.41) is 3.57. The predicted octanol–water partition coefficient (Wildman–Crippen LogP) is 1.55. The third-order valence-corrected chi connectivity index (χ3v) is 5.46. The lowest BCUT2D eigenvalue weighted by atomic mass is 10.2. The van der Waals surface area contributed by atoms with Crippen LogP contribution in [-0.4, -0.2) is 44.6 Å². The highest BCUT2D eigenvalue weighted by atomic mass is 32.2. The molecule has 0 bridgehead atoms. The summed E-state index contributed by atoms with van der Waals surface area (Å²) < 4.78 is 36.4. The molecular formula is C18H23N3O6S. The van der Waals surface area contributed by atoms with Crippen molar-refractivity contribution in [1.29, 1.82) is 0 Å². The topological polar surface area (TPSA) is 119 Å². The van der Waals surface area contributed by atoms with Crippen molar-refractivity contribution in [3.8, 4) is 0 Å². The van der Waals surface area contributed by atoms with Gasteiger partial charge in [-0.05, 0) is 39.8 Å². The van der Waals surface area contributed by atoms with Gasteiger partial charge < -0.3 is 14.2 Å². The molecule has 1 aromatic heterocycles. The summed E-state index contributed by atoms with van der Waals surface area (Å²) in [6, 6.07) is 8.83. The maximum absolute atomic E-state index is 12.5. The molecule has 0 unspecified atom stereocenters. The standard InChI is InChI=1S/C18H23N3O6S/c1-12(2)21(15-8-6-5-7-9-15)16(22)11-26-17(23)10-19-28(24,25)18-13(3)20-27-14(18)4/h5-9,12,19H,10-11H2,1-4H3. The minimum Gasteiger partial charge on any atom is -0.455 e. The fourth-order valence-electron chi connectivity index (χ4n) is 2.67. The van der Waals surface area contributed by atoms with E-state index in [1.807, 2.05) is 19.9 Å². The summed E-state index contributed by atoms with van der Waals surface area (Å²) in [6.07, 6.45) is 0. The zero-order valence-electron chi connectivity index (χ0n) is 16.1. The van der Waals surface area contributed by atoms with Crippen LogP contribution in [0.3, 0.4) is 0 Å². The van der Waals surface area contributed by atoms with Gasteiger partial charge in [-0.25, -0.2) is 8.42 Å². The molecule has 1 aromatic carbocycles. The molecule has 0 spiro atoms. The molecule has 0 fully saturated rings. The molecule has 0 atom stereocenters. The van der Waals surface area contributed by atoms with Crippen LogP contribution in [0.5, 0.6) is 0 Å². The average molecular weight is 409 g/mol. The number of carbonyl (C=O) groups is 2. The Hall–Kier alpha value is -2.72. The number of aryl methyl sites for hydroxylation is 2. The minimum absolute atomic E-state index is 0.115. The van der Waals surface area contributed by atoms with Crippen molar-refractivity contribution in [1.82, 2.24) is 9.88 Å². The largest absolute Gasteiger partial charge is 0.455 e. The zero-order valence-corrected chi connectivity index (χ0v) is 16.9. The van der Waals surface area contributed by atoms with Gasteiger partial charge in [0.15, 0.2) is 12.4 Å². The maximum Gasteiger partial charge on any atom is 0.321 e. The van der Waals surface area contributed by atoms with E-state index < -0.39 is 35.1 Å². The van der Waals surface area contributed by atoms with Crippen LogP contribution in [0, 0.1) is 13.8 Å². The second-order valence-corrected chi connectivity index (χ2v) is 8.04. The van der Waals surface area contributed by atoms with Gasteiger partial charge in [0.2, 0.25) is 10.0 Å². The fourth-order valence-corrected chi connectivity index (χ4v) is 3.96. The Morgan fingerprint density at radius 3 is 2.39 bits per heavy atom. The molecule has 0 aliphatic rings. The van der Waals surface area contributed by atoms with E-state index in [0.717, 1.165) is 0 Å². The number of benzene rings is 1. The number of rotatable bonds is 8. The Kier molecular flexibility index (Phi) is 6.92. The first-order valence-corrected chi connectivity index (χ1v) is 10.1. The Labute approximate surface area is 163 Å². The van der Waals surface area contributed by atoms with Crippen molar-refractivity contribution in [2.24, 2.45) is 0 Å². The quantitative estimate of drug-likeness (QED) is 0.657. The molecule has 1 amide bonds. The van der Waals surface area contributed by atoms with Crippen molar-refractivity contribution in [3.05, 3.63) is 41.8 Å². The SMILES string of the molecule is Cc1noc(C)c1S(=O)(=O)NCC(=O)OCC(=O)N(c1ccccc1)C(C)C. The summed E-state index contributed by atoms with van der Waals surface area (Å²) in [6.45, 7) is 5.49. The molecule has 0 saturated heterocycles. The van der Waals surface area contributed by atoms with Gasteiger partial charge in [0, 0.05) is 11.7 Å². The van der Waals surface area contributed by atoms with Gasteiger partial charge >= 0.3 is 5.97 Å². The number of sulfonamides is 1. The summed E-state index contributed by atoms with van der Waals surface area (Å²) in [5.41, 5.74) is 0.863. The number of esters is 1. The third kappa shape index (κ3) is 5.17. The smallest absolute Gasteiger partial charge is 0.321 e. The Bertz CT molecular complexity index is 918. The van der Waals surface area contributed by atoms with E-state index in [0.29, 0.717) is 5.69 Å². The number of hydrogen-bond donors (Lipinski definition) is 1. The lowest BCUT2D eigenvalue weighted by Crippen LogP contribution is -2.40. The van der Waals surface area contributed by atoms with Gasteiger partial charge in [-0.15, -0.1) is 0 Å². The zero-order chi connectivity index (χ0) is 20.9. The van der Waals surface area contributed by atoms with E-state index in [1.165, 1.54) is 18.7 Å². The number of nitrogens with zero attached hydrogens (tertiary/aromatic N) is 2. The molecule has 152 valence electrons. The Morgan fingerprint density at radius 1 is 1.21 bits per heavy atom. The van der Waals surface area contributed by atoms with E-state index in [1.54, 1.807) is 24.3 Å². The number of carbonyl (C=O) groups excluding carboxylic acids is 2. The molecule has 1 N–H and O–H groups in total. The van der Waals surface area contributed by atoms with Crippen molar-refractivity contribution >= 4 is 27.6 Å². The van der Waals surface area contributed by atoms with Gasteiger partial charge in [0.1, 0.15) is 17.1 Å². The Balaban J connectivity index is 1.94. The lowest BCUT2D eigenvalue weighted by molar-refractivity contribution is -0.146. The second-order valence-electron chi connectivity index (χ2n) is 6.33. The summed E-state index contributed by atoms with van der Waals surface area (Å²) >= 11 is 0. The highest BCUT2D eigenvalue weighted by molar-refractivity contribution is 7.89. The van der Waals surface area contributed by atoms with Crippen LogP contribution in [0.15, 0.2) is 39.8 Å². The molecule has 9 nitrogen and oxygen atoms in total. The van der Waals surface area contributed by atoms with Gasteiger partial charge in [-0.2, -0.15) is 4.72 Å². The van der Waals surface area contributed by atoms with Gasteiger partial charge in [0.05, 0.1) is 0 Å². The van der Waals surface area contributed by atoms with Gasteiger partial charge in [-0.1, -0.05) is 23.4 Å². The maximum atomic E-state index is 12.5. The highest BCUT2D eigenvalue weighted by Gasteiger charge is 2.25. The van der Waals surface area contributed by atoms with Crippen LogP contribution in [0.25, 0.3) is 0 Å². The molecule has 28 heavy (non-hydrogen) atoms. The van der Waals surface area contributed by atoms with E-state index in [-0.39, 0.29) is 22.4 Å². The van der Waals surface area contributed by atoms with Crippen molar-refractivity contribution < 1.29 is 27.3 Å². The molecule has 0 radical (unpaired) electrons. The van der Waals surface area contributed by atoms with E-state index >= 15 is 0 Å². The first kappa shape index (κ1) is 21.6. The van der Waals surface area contributed by atoms with Gasteiger partial charge in [-0.3, -0.25) is 9.59 Å². The lowest BCUT2D eigenvalue weighted by Gasteiger charge is -2.26. The van der Waals surface area contributed by atoms with Crippen LogP contribution in [-0.2, 0) is 24.3 Å². The Morgan fingerprint density at radius 2 is 1.86 bits per heavy atom. The predicted molar refractivity (Wildman–Crippen MR) is 101 cm³/mol. The first-order valence-electron chi connectivity index (χ1n) is 8.58. The number of aromatic nitrogens is 1. The molecule has 0 aliphatic heterocycles. The van der Waals surface area contributed by atoms with E-state index in [9.17, 15) is 18.0 Å². The molecule has 2 rings (SSSR count). The monoisotopic (exact) mass is 409 g/mol. The van der Waals surface area contributed by atoms with Crippen molar-refractivity contribution in [2.45, 2.75) is 38.6 Å². The fraction of sp³-hybridized carbons (Fsp3) is 0.389. The summed E-state index contributed by atoms with van der Waals surface area (Å²) in [7, 11) is -3.99. The summed E-state index contributed by atoms with van der Waals surface area (Å²) in [4.78, 5) is 25.7. The number of hydrogen-bond acceptors (Lipinski definition) is 7. The van der Waals surface area contributed by atoms with E-state index in [2.05, 4.69) is 9.88 Å². The number of anilines is 1. The average Bonchev–Trinajstić information content (AvgIpc) is 2.98. The number of para-hydroxylation sites is 1. The van der Waals surface area contributed by atoms with E-state index in [4.69, 9.17) is 9.26 Å². The second kappa shape index (κ2) is 8.98. The summed E-state index contributed by atoms with van der Waals surface area (Å²) in [5.74, 6) is -1.17. The molecule has 0 aliphatic carbocycles. The number of ether oxygens (including phenoxy) is 1.